The van der Waals surface area contributed by atoms with Gasteiger partial charge < -0.3 is 11.1 Å². The number of aliphatic imine (C=N–C) groups is 1. The van der Waals surface area contributed by atoms with Crippen LogP contribution in [-0.2, 0) is 9.54 Å². The lowest BCUT2D eigenvalue weighted by Crippen LogP contribution is -2.27. The molecule has 2 atom stereocenters. The van der Waals surface area contributed by atoms with Gasteiger partial charge in [-0.15, -0.1) is 0 Å². The van der Waals surface area contributed by atoms with Crippen LogP contribution >= 0.6 is 11.8 Å². The molecule has 3 N–H and O–H groups in total. The molecule has 3 rings (SSSR count). The number of carbonyl (C=O) groups is 2. The SMILES string of the molecule is CC(NC1=NC(=O)C(C)(c2ccc(C(N)=O)cc2)S1)c1ccccc1F. The van der Waals surface area contributed by atoms with Crippen molar-refractivity contribution in [3.8, 4) is 0 Å². The van der Waals surface area contributed by atoms with E-state index in [1.54, 1.807) is 49.4 Å². The number of hydrogen-bond donors (Lipinski definition) is 2. The number of carbonyl (C=O) groups excluding carboxylic acids is 2. The number of thioether (sulfide) groups is 1. The summed E-state index contributed by atoms with van der Waals surface area (Å²) in [5.74, 6) is -1.14. The summed E-state index contributed by atoms with van der Waals surface area (Å²) in [6.45, 7) is 3.58. The van der Waals surface area contributed by atoms with Gasteiger partial charge in [-0.1, -0.05) is 42.1 Å². The second-order valence-electron chi connectivity index (χ2n) is 6.19. The fraction of sp³-hybridized carbons (Fsp3) is 0.211. The molecule has 0 saturated carbocycles. The monoisotopic (exact) mass is 371 g/mol. The lowest BCUT2D eigenvalue weighted by atomic mass is 9.98. The van der Waals surface area contributed by atoms with Gasteiger partial charge in [0.05, 0.1) is 6.04 Å². The van der Waals surface area contributed by atoms with E-state index in [1.807, 2.05) is 6.92 Å². The molecule has 0 bridgehead atoms. The summed E-state index contributed by atoms with van der Waals surface area (Å²) in [4.78, 5) is 27.8. The number of halogens is 1. The Bertz CT molecular complexity index is 898. The number of benzene rings is 2. The first kappa shape index (κ1) is 18.1. The minimum absolute atomic E-state index is 0.308. The highest BCUT2D eigenvalue weighted by Crippen LogP contribution is 2.42. The Morgan fingerprint density at radius 1 is 1.23 bits per heavy atom. The molecule has 26 heavy (non-hydrogen) atoms. The molecule has 0 radical (unpaired) electrons. The second kappa shape index (κ2) is 6.92. The van der Waals surface area contributed by atoms with E-state index >= 15 is 0 Å². The highest BCUT2D eigenvalue weighted by atomic mass is 32.2. The van der Waals surface area contributed by atoms with Gasteiger partial charge in [-0.3, -0.25) is 9.59 Å². The molecule has 7 heteroatoms. The first-order chi connectivity index (χ1) is 12.3. The average molecular weight is 371 g/mol. The molecule has 5 nitrogen and oxygen atoms in total. The van der Waals surface area contributed by atoms with Crippen molar-refractivity contribution >= 4 is 28.7 Å². The van der Waals surface area contributed by atoms with Gasteiger partial charge in [0, 0.05) is 11.1 Å². The number of hydrogen-bond acceptors (Lipinski definition) is 4. The van der Waals surface area contributed by atoms with E-state index in [4.69, 9.17) is 5.73 Å². The minimum atomic E-state index is -0.909. The Labute approximate surface area is 154 Å². The maximum absolute atomic E-state index is 13.9. The van der Waals surface area contributed by atoms with Gasteiger partial charge >= 0.3 is 0 Å². The van der Waals surface area contributed by atoms with Crippen LogP contribution in [0.15, 0.2) is 53.5 Å². The molecular weight excluding hydrogens is 353 g/mol. The quantitative estimate of drug-likeness (QED) is 0.865. The maximum atomic E-state index is 13.9. The van der Waals surface area contributed by atoms with Crippen molar-refractivity contribution in [2.75, 3.05) is 0 Å². The molecule has 0 fully saturated rings. The molecule has 1 aliphatic rings. The summed E-state index contributed by atoms with van der Waals surface area (Å²) in [5.41, 5.74) is 6.84. The molecule has 134 valence electrons. The van der Waals surface area contributed by atoms with Gasteiger partial charge in [0.25, 0.3) is 5.91 Å². The van der Waals surface area contributed by atoms with E-state index in [0.717, 1.165) is 5.56 Å². The Morgan fingerprint density at radius 2 is 1.88 bits per heavy atom. The van der Waals surface area contributed by atoms with Crippen LogP contribution < -0.4 is 11.1 Å². The van der Waals surface area contributed by atoms with Crippen LogP contribution in [0.2, 0.25) is 0 Å². The Kier molecular flexibility index (Phi) is 4.82. The van der Waals surface area contributed by atoms with Crippen molar-refractivity contribution < 1.29 is 14.0 Å². The smallest absolute Gasteiger partial charge is 0.268 e. The third-order valence-electron chi connectivity index (χ3n) is 4.34. The summed E-state index contributed by atoms with van der Waals surface area (Å²) < 4.78 is 13.0. The molecule has 2 aromatic carbocycles. The molecule has 1 heterocycles. The number of amidine groups is 1. The zero-order valence-electron chi connectivity index (χ0n) is 14.3. The number of rotatable bonds is 4. The van der Waals surface area contributed by atoms with Crippen LogP contribution in [0.1, 0.15) is 41.4 Å². The lowest BCUT2D eigenvalue weighted by Gasteiger charge is -2.22. The fourth-order valence-corrected chi connectivity index (χ4v) is 3.88. The summed E-state index contributed by atoms with van der Waals surface area (Å²) in [5, 5.41) is 3.54. The van der Waals surface area contributed by atoms with Gasteiger partial charge in [-0.05, 0) is 37.6 Å². The van der Waals surface area contributed by atoms with Crippen LogP contribution in [0.3, 0.4) is 0 Å². The number of primary amides is 1. The standard InChI is InChI=1S/C19H18FN3O2S/c1-11(14-5-3-4-6-15(14)20)22-18-23-17(25)19(2,26-18)13-9-7-12(8-10-13)16(21)24/h3-11H,1-2H3,(H2,21,24)(H,22,23,25). The fourth-order valence-electron chi connectivity index (χ4n) is 2.74. The molecule has 2 amide bonds. The van der Waals surface area contributed by atoms with Gasteiger partial charge in [0.1, 0.15) is 10.6 Å². The summed E-state index contributed by atoms with van der Waals surface area (Å²) >= 11 is 1.27. The van der Waals surface area contributed by atoms with Crippen molar-refractivity contribution in [1.82, 2.24) is 5.32 Å². The van der Waals surface area contributed by atoms with Gasteiger partial charge in [-0.2, -0.15) is 4.99 Å². The Hall–Kier alpha value is -2.67. The van der Waals surface area contributed by atoms with Crippen molar-refractivity contribution in [1.29, 1.82) is 0 Å². The normalized spacial score (nSPS) is 20.6. The molecular formula is C19H18FN3O2S. The van der Waals surface area contributed by atoms with E-state index in [0.29, 0.717) is 16.3 Å². The molecule has 0 spiro atoms. The Morgan fingerprint density at radius 3 is 2.50 bits per heavy atom. The first-order valence-corrected chi connectivity index (χ1v) is 8.86. The van der Waals surface area contributed by atoms with Crippen LogP contribution in [0.4, 0.5) is 4.39 Å². The van der Waals surface area contributed by atoms with Crippen molar-refractivity contribution in [2.24, 2.45) is 10.7 Å². The van der Waals surface area contributed by atoms with E-state index in [-0.39, 0.29) is 17.8 Å². The molecule has 0 aliphatic carbocycles. The first-order valence-electron chi connectivity index (χ1n) is 8.04. The molecule has 0 saturated heterocycles. The summed E-state index contributed by atoms with van der Waals surface area (Å²) in [6, 6.07) is 12.7. The molecule has 0 aromatic heterocycles. The topological polar surface area (TPSA) is 84.6 Å². The average Bonchev–Trinajstić information content (AvgIpc) is 2.90. The third-order valence-corrected chi connectivity index (χ3v) is 5.57. The van der Waals surface area contributed by atoms with E-state index in [9.17, 15) is 14.0 Å². The lowest BCUT2D eigenvalue weighted by molar-refractivity contribution is -0.119. The van der Waals surface area contributed by atoms with E-state index in [1.165, 1.54) is 17.8 Å². The Balaban J connectivity index is 1.77. The largest absolute Gasteiger partial charge is 0.366 e. The number of nitrogens with zero attached hydrogens (tertiary/aromatic N) is 1. The second-order valence-corrected chi connectivity index (χ2v) is 7.59. The molecule has 2 unspecified atom stereocenters. The van der Waals surface area contributed by atoms with E-state index < -0.39 is 10.7 Å². The zero-order chi connectivity index (χ0) is 18.9. The highest BCUT2D eigenvalue weighted by molar-refractivity contribution is 8.15. The van der Waals surface area contributed by atoms with Crippen molar-refractivity contribution in [2.45, 2.75) is 24.6 Å². The molecule has 1 aliphatic heterocycles. The maximum Gasteiger partial charge on any atom is 0.268 e. The predicted octanol–water partition coefficient (Wildman–Crippen LogP) is 3.12. The van der Waals surface area contributed by atoms with E-state index in [2.05, 4.69) is 10.3 Å². The predicted molar refractivity (Wildman–Crippen MR) is 100 cm³/mol. The van der Waals surface area contributed by atoms with Crippen molar-refractivity contribution in [3.05, 3.63) is 71.0 Å². The van der Waals surface area contributed by atoms with Crippen LogP contribution in [0.5, 0.6) is 0 Å². The third kappa shape index (κ3) is 3.35. The molecule has 2 aromatic rings. The minimum Gasteiger partial charge on any atom is -0.366 e. The zero-order valence-corrected chi connectivity index (χ0v) is 15.1. The highest BCUT2D eigenvalue weighted by Gasteiger charge is 2.43. The van der Waals surface area contributed by atoms with Gasteiger partial charge in [0.2, 0.25) is 5.91 Å². The van der Waals surface area contributed by atoms with Crippen LogP contribution in [0.25, 0.3) is 0 Å². The van der Waals surface area contributed by atoms with Gasteiger partial charge in [-0.25, -0.2) is 4.39 Å². The van der Waals surface area contributed by atoms with Crippen molar-refractivity contribution in [3.63, 3.8) is 0 Å². The summed E-state index contributed by atoms with van der Waals surface area (Å²) in [7, 11) is 0. The van der Waals surface area contributed by atoms with Gasteiger partial charge in [0.15, 0.2) is 5.17 Å². The summed E-state index contributed by atoms with van der Waals surface area (Å²) in [6.07, 6.45) is 0. The number of nitrogens with one attached hydrogen (secondary N) is 1. The van der Waals surface area contributed by atoms with Crippen LogP contribution in [0, 0.1) is 5.82 Å². The number of amides is 2. The van der Waals surface area contributed by atoms with Crippen LogP contribution in [-0.4, -0.2) is 17.0 Å². The number of nitrogens with two attached hydrogens (primary N) is 1.